The summed E-state index contributed by atoms with van der Waals surface area (Å²) in [6.07, 6.45) is -17.2. The van der Waals surface area contributed by atoms with Crippen molar-refractivity contribution in [3.05, 3.63) is 46.6 Å². The van der Waals surface area contributed by atoms with Crippen molar-refractivity contribution in [3.63, 3.8) is 0 Å². The van der Waals surface area contributed by atoms with E-state index in [9.17, 15) is 45.6 Å². The van der Waals surface area contributed by atoms with Gasteiger partial charge in [-0.25, -0.2) is 0 Å². The number of aliphatic hydroxyl groups excluding tert-OH is 7. The number of ether oxygens (including phenoxy) is 6. The molecular weight excluding hydrogens is 604 g/mol. The van der Waals surface area contributed by atoms with Gasteiger partial charge in [0.25, 0.3) is 0 Å². The summed E-state index contributed by atoms with van der Waals surface area (Å²) >= 11 is 0. The van der Waals surface area contributed by atoms with E-state index in [1.165, 1.54) is 20.3 Å². The molecule has 2 saturated heterocycles. The molecule has 3 aromatic rings. The van der Waals surface area contributed by atoms with Gasteiger partial charge in [0.2, 0.25) is 12.0 Å². The van der Waals surface area contributed by atoms with Crippen LogP contribution >= 0.6 is 0 Å². The van der Waals surface area contributed by atoms with Crippen LogP contribution in [0.25, 0.3) is 22.3 Å². The molecule has 0 amide bonds. The molecule has 0 saturated carbocycles. The lowest BCUT2D eigenvalue weighted by atomic mass is 9.97. The zero-order valence-corrected chi connectivity index (χ0v) is 24.0. The van der Waals surface area contributed by atoms with E-state index in [4.69, 9.17) is 32.8 Å². The van der Waals surface area contributed by atoms with Crippen LogP contribution in [0.15, 0.2) is 45.6 Å². The molecule has 5 rings (SSSR count). The average Bonchev–Trinajstić information content (AvgIpc) is 3.04. The highest BCUT2D eigenvalue weighted by Crippen LogP contribution is 2.44. The first kappa shape index (κ1) is 32.8. The maximum absolute atomic E-state index is 13.2. The molecule has 2 fully saturated rings. The Kier molecular flexibility index (Phi) is 9.80. The SMILES string of the molecule is COc1ccc(-c2cc(=O)c3c(O)c(O[C@@H]4O[C@H](CO)[C@@H](O)[C@H](O)[C@@H]4O[C@@H]4O[C@H](CO)[C@@H](O)[C@H](O)[C@H]4O)c(OC)cc3o2)cc1. The Morgan fingerprint density at radius 2 is 1.40 bits per heavy atom. The lowest BCUT2D eigenvalue weighted by molar-refractivity contribution is -0.358. The molecule has 1 aromatic heterocycles. The monoisotopic (exact) mass is 638 g/mol. The number of hydrogen-bond donors (Lipinski definition) is 8. The first-order valence-electron chi connectivity index (χ1n) is 13.8. The number of hydrogen-bond acceptors (Lipinski definition) is 16. The molecular formula is C29H34O16. The van der Waals surface area contributed by atoms with Gasteiger partial charge < -0.3 is 73.7 Å². The van der Waals surface area contributed by atoms with Gasteiger partial charge in [0, 0.05) is 17.7 Å². The minimum Gasteiger partial charge on any atom is -0.504 e. The second kappa shape index (κ2) is 13.4. The van der Waals surface area contributed by atoms with E-state index in [1.54, 1.807) is 24.3 Å². The zero-order valence-electron chi connectivity index (χ0n) is 24.0. The fourth-order valence-electron chi connectivity index (χ4n) is 5.17. The summed E-state index contributed by atoms with van der Waals surface area (Å²) in [6.45, 7) is -1.56. The molecule has 16 nitrogen and oxygen atoms in total. The zero-order chi connectivity index (χ0) is 32.6. The number of methoxy groups -OCH3 is 2. The third-order valence-corrected chi connectivity index (χ3v) is 7.71. The van der Waals surface area contributed by atoms with E-state index >= 15 is 0 Å². The van der Waals surface area contributed by atoms with Crippen molar-refractivity contribution in [2.75, 3.05) is 27.4 Å². The van der Waals surface area contributed by atoms with Crippen LogP contribution in [0.2, 0.25) is 0 Å². The van der Waals surface area contributed by atoms with Crippen molar-refractivity contribution in [3.8, 4) is 34.3 Å². The van der Waals surface area contributed by atoms with E-state index in [1.807, 2.05) is 0 Å². The molecule has 0 unspecified atom stereocenters. The lowest BCUT2D eigenvalue weighted by Crippen LogP contribution is -2.65. The van der Waals surface area contributed by atoms with Crippen molar-refractivity contribution in [2.24, 2.45) is 0 Å². The summed E-state index contributed by atoms with van der Waals surface area (Å²) in [4.78, 5) is 13.2. The van der Waals surface area contributed by atoms with E-state index in [2.05, 4.69) is 0 Å². The number of phenols is 1. The second-order valence-electron chi connectivity index (χ2n) is 10.5. The molecule has 0 spiro atoms. The molecule has 8 N–H and O–H groups in total. The van der Waals surface area contributed by atoms with Gasteiger partial charge >= 0.3 is 0 Å². The molecule has 10 atom stereocenters. The maximum Gasteiger partial charge on any atom is 0.230 e. The number of benzene rings is 2. The molecule has 3 heterocycles. The molecule has 0 aliphatic carbocycles. The molecule has 2 aliphatic rings. The van der Waals surface area contributed by atoms with E-state index < -0.39 is 91.6 Å². The number of fused-ring (bicyclic) bond motifs is 1. The van der Waals surface area contributed by atoms with Crippen LogP contribution in [0.5, 0.6) is 23.0 Å². The normalized spacial score (nSPS) is 31.9. The van der Waals surface area contributed by atoms with Crippen molar-refractivity contribution in [1.82, 2.24) is 0 Å². The van der Waals surface area contributed by atoms with Crippen LogP contribution in [-0.4, -0.2) is 130 Å². The summed E-state index contributed by atoms with van der Waals surface area (Å²) in [6, 6.07) is 9.11. The fourth-order valence-corrected chi connectivity index (χ4v) is 5.17. The molecule has 246 valence electrons. The Balaban J connectivity index is 1.51. The topological polar surface area (TPSA) is 247 Å². The predicted molar refractivity (Wildman–Crippen MR) is 150 cm³/mol. The maximum atomic E-state index is 13.2. The molecule has 0 radical (unpaired) electrons. The fraction of sp³-hybridized carbons (Fsp3) is 0.483. The summed E-state index contributed by atoms with van der Waals surface area (Å²) < 4.78 is 38.9. The van der Waals surface area contributed by atoms with Crippen molar-refractivity contribution in [1.29, 1.82) is 0 Å². The quantitative estimate of drug-likeness (QED) is 0.129. The van der Waals surface area contributed by atoms with Crippen LogP contribution < -0.4 is 19.6 Å². The lowest BCUT2D eigenvalue weighted by Gasteiger charge is -2.45. The first-order chi connectivity index (χ1) is 21.5. The smallest absolute Gasteiger partial charge is 0.230 e. The van der Waals surface area contributed by atoms with Gasteiger partial charge in [0.15, 0.2) is 29.3 Å². The van der Waals surface area contributed by atoms with Crippen LogP contribution in [0.1, 0.15) is 0 Å². The van der Waals surface area contributed by atoms with Crippen LogP contribution in [0.3, 0.4) is 0 Å². The van der Waals surface area contributed by atoms with Gasteiger partial charge in [0.1, 0.15) is 65.2 Å². The van der Waals surface area contributed by atoms with Crippen molar-refractivity contribution in [2.45, 2.75) is 61.4 Å². The van der Waals surface area contributed by atoms with Crippen LogP contribution in [0, 0.1) is 0 Å². The van der Waals surface area contributed by atoms with E-state index in [0.29, 0.717) is 11.3 Å². The first-order valence-corrected chi connectivity index (χ1v) is 13.8. The Morgan fingerprint density at radius 1 is 0.778 bits per heavy atom. The highest BCUT2D eigenvalue weighted by molar-refractivity contribution is 5.89. The number of rotatable bonds is 9. The van der Waals surface area contributed by atoms with E-state index in [-0.39, 0.29) is 22.5 Å². The summed E-state index contributed by atoms with van der Waals surface area (Å²) in [5, 5.41) is 82.4. The summed E-state index contributed by atoms with van der Waals surface area (Å²) in [5.74, 6) is -0.608. The van der Waals surface area contributed by atoms with Crippen LogP contribution in [0.4, 0.5) is 0 Å². The van der Waals surface area contributed by atoms with Gasteiger partial charge in [-0.3, -0.25) is 4.79 Å². The van der Waals surface area contributed by atoms with E-state index in [0.717, 1.165) is 6.07 Å². The van der Waals surface area contributed by atoms with Gasteiger partial charge in [-0.2, -0.15) is 0 Å². The van der Waals surface area contributed by atoms with Gasteiger partial charge in [-0.05, 0) is 24.3 Å². The van der Waals surface area contributed by atoms with Gasteiger partial charge in [0.05, 0.1) is 27.4 Å². The minimum atomic E-state index is -1.89. The van der Waals surface area contributed by atoms with Crippen molar-refractivity contribution >= 4 is 11.0 Å². The standard InChI is InChI=1S/C29H34O16/c1-39-12-5-3-11(4-6-12)14-7-13(32)19-15(41-14)8-16(40-2)26(22(19)35)44-29-27(24(37)21(34)18(10-31)43-29)45-28-25(38)23(36)20(33)17(9-30)42-28/h3-8,17-18,20-21,23-25,27-31,33-38H,9-10H2,1-2H3/t17-,18-,20-,21-,23+,24+,25-,27+,28+,29+/m1/s1. The highest BCUT2D eigenvalue weighted by atomic mass is 16.8. The van der Waals surface area contributed by atoms with Crippen molar-refractivity contribution < 1.29 is 73.7 Å². The van der Waals surface area contributed by atoms with Gasteiger partial charge in [-0.15, -0.1) is 0 Å². The minimum absolute atomic E-state index is 0.0719. The number of aromatic hydroxyl groups is 1. The Bertz CT molecular complexity index is 1520. The largest absolute Gasteiger partial charge is 0.504 e. The molecule has 16 heteroatoms. The molecule has 45 heavy (non-hydrogen) atoms. The Hall–Kier alpha value is -3.55. The average molecular weight is 639 g/mol. The molecule has 0 bridgehead atoms. The Morgan fingerprint density at radius 3 is 2.00 bits per heavy atom. The number of phenolic OH excluding ortho intramolecular Hbond substituents is 1. The molecule has 2 aromatic carbocycles. The second-order valence-corrected chi connectivity index (χ2v) is 10.5. The summed E-state index contributed by atoms with van der Waals surface area (Å²) in [7, 11) is 2.74. The predicted octanol–water partition coefficient (Wildman–Crippen LogP) is -1.81. The third-order valence-electron chi connectivity index (χ3n) is 7.71. The number of aliphatic hydroxyl groups is 7. The van der Waals surface area contributed by atoms with Crippen LogP contribution in [-0.2, 0) is 14.2 Å². The van der Waals surface area contributed by atoms with Gasteiger partial charge in [-0.1, -0.05) is 0 Å². The Labute approximate surface area is 254 Å². The third kappa shape index (κ3) is 6.17. The molecule has 2 aliphatic heterocycles. The summed E-state index contributed by atoms with van der Waals surface area (Å²) in [5.41, 5.74) is -0.188. The highest BCUT2D eigenvalue weighted by Gasteiger charge is 2.51.